The lowest BCUT2D eigenvalue weighted by Crippen LogP contribution is -2.50. The van der Waals surface area contributed by atoms with E-state index in [9.17, 15) is 4.79 Å². The normalized spacial score (nSPS) is 42.7. The number of hydrogen-bond donors (Lipinski definition) is 0. The second kappa shape index (κ2) is 7.69. The van der Waals surface area contributed by atoms with Crippen LogP contribution in [0.15, 0.2) is 23.3 Å². The quantitative estimate of drug-likeness (QED) is 0.464. The molecule has 162 valence electrons. The van der Waals surface area contributed by atoms with E-state index < -0.39 is 0 Å². The fourth-order valence-electron chi connectivity index (χ4n) is 8.51. The predicted molar refractivity (Wildman–Crippen MR) is 123 cm³/mol. The highest BCUT2D eigenvalue weighted by molar-refractivity contribution is 6.05. The molecule has 0 aromatic rings. The number of hydrogen-bond acceptors (Lipinski definition) is 1. The monoisotopic (exact) mass is 396 g/mol. The molecule has 0 radical (unpaired) electrons. The molecule has 0 heterocycles. The van der Waals surface area contributed by atoms with Gasteiger partial charge in [0.1, 0.15) is 0 Å². The van der Waals surface area contributed by atoms with Crippen LogP contribution in [0.3, 0.4) is 0 Å². The fourth-order valence-corrected chi connectivity index (χ4v) is 8.51. The van der Waals surface area contributed by atoms with E-state index in [0.717, 1.165) is 47.5 Å². The third kappa shape index (κ3) is 3.49. The molecule has 0 spiro atoms. The summed E-state index contributed by atoms with van der Waals surface area (Å²) in [5.74, 6) is 5.42. The van der Waals surface area contributed by atoms with E-state index in [-0.39, 0.29) is 11.2 Å². The molecule has 0 saturated heterocycles. The summed E-state index contributed by atoms with van der Waals surface area (Å²) in [6, 6.07) is 0. The Kier molecular flexibility index (Phi) is 5.67. The summed E-state index contributed by atoms with van der Waals surface area (Å²) in [4.78, 5) is 12.3. The van der Waals surface area contributed by atoms with E-state index >= 15 is 0 Å². The first-order valence-electron chi connectivity index (χ1n) is 12.6. The van der Waals surface area contributed by atoms with E-state index in [2.05, 4.69) is 40.7 Å². The average molecular weight is 397 g/mol. The van der Waals surface area contributed by atoms with Gasteiger partial charge in [0.05, 0.1) is 0 Å². The van der Waals surface area contributed by atoms with Crippen molar-refractivity contribution in [2.45, 2.75) is 99.3 Å². The average Bonchev–Trinajstić information content (AvgIpc) is 3.00. The maximum Gasteiger partial charge on any atom is 0.181 e. The number of carbonyl (C=O) groups excluding carboxylic acids is 1. The van der Waals surface area contributed by atoms with Gasteiger partial charge in [-0.15, -0.1) is 0 Å². The van der Waals surface area contributed by atoms with Crippen LogP contribution >= 0.6 is 0 Å². The van der Waals surface area contributed by atoms with Crippen LogP contribution < -0.4 is 0 Å². The van der Waals surface area contributed by atoms with Crippen molar-refractivity contribution in [1.29, 1.82) is 0 Å². The Labute approximate surface area is 179 Å². The van der Waals surface area contributed by atoms with Gasteiger partial charge in [0.25, 0.3) is 0 Å². The number of carbonyl (C=O) groups is 1. The van der Waals surface area contributed by atoms with E-state index in [0.29, 0.717) is 5.41 Å². The lowest BCUT2D eigenvalue weighted by Gasteiger charge is -2.57. The van der Waals surface area contributed by atoms with Crippen LogP contribution in [0.2, 0.25) is 0 Å². The highest BCUT2D eigenvalue weighted by atomic mass is 16.1. The Morgan fingerprint density at radius 1 is 1.03 bits per heavy atom. The topological polar surface area (TPSA) is 17.1 Å². The van der Waals surface area contributed by atoms with E-state index in [1.165, 1.54) is 56.9 Å². The van der Waals surface area contributed by atoms with Crippen LogP contribution in [0.4, 0.5) is 0 Å². The van der Waals surface area contributed by atoms with Crippen LogP contribution in [0, 0.1) is 46.3 Å². The van der Waals surface area contributed by atoms with Crippen molar-refractivity contribution >= 4 is 5.78 Å². The Morgan fingerprint density at radius 3 is 2.52 bits per heavy atom. The van der Waals surface area contributed by atoms with Gasteiger partial charge < -0.3 is 0 Å². The largest absolute Gasteiger partial charge is 0.290 e. The van der Waals surface area contributed by atoms with Crippen LogP contribution in [-0.2, 0) is 4.79 Å². The van der Waals surface area contributed by atoms with Gasteiger partial charge in [0.15, 0.2) is 5.78 Å². The number of fused-ring (bicyclic) bond motifs is 5. The second-order valence-corrected chi connectivity index (χ2v) is 12.1. The number of rotatable bonds is 5. The summed E-state index contributed by atoms with van der Waals surface area (Å²) in [5, 5.41) is 0. The molecule has 0 N–H and O–H groups in total. The molecule has 0 amide bonds. The molecule has 0 aliphatic heterocycles. The SMILES string of the molecule is CC1=C[C@@]2(C)C(=CC1=O)CC[C@H]1[C@@H]3CC[C@H]([C@H](C)CCCC(C)C)[C@@]3(C)CC[C@@H]12. The van der Waals surface area contributed by atoms with Gasteiger partial charge in [-0.3, -0.25) is 4.79 Å². The summed E-state index contributed by atoms with van der Waals surface area (Å²) in [6.07, 6.45) is 16.7. The molecule has 3 fully saturated rings. The van der Waals surface area contributed by atoms with Gasteiger partial charge in [-0.25, -0.2) is 0 Å². The van der Waals surface area contributed by atoms with Crippen LogP contribution in [0.5, 0.6) is 0 Å². The maximum atomic E-state index is 12.3. The minimum atomic E-state index is 0.142. The van der Waals surface area contributed by atoms with Crippen molar-refractivity contribution in [3.05, 3.63) is 23.3 Å². The first-order chi connectivity index (χ1) is 13.7. The molecular weight excluding hydrogens is 352 g/mol. The second-order valence-electron chi connectivity index (χ2n) is 12.1. The highest BCUT2D eigenvalue weighted by Gasteiger charge is 2.59. The van der Waals surface area contributed by atoms with Gasteiger partial charge in [0, 0.05) is 5.41 Å². The van der Waals surface area contributed by atoms with E-state index in [4.69, 9.17) is 0 Å². The first-order valence-corrected chi connectivity index (χ1v) is 12.6. The van der Waals surface area contributed by atoms with Gasteiger partial charge in [0.2, 0.25) is 0 Å². The molecular formula is C28H44O. The fraction of sp³-hybridized carbons (Fsp3) is 0.821. The Hall–Kier alpha value is -0.850. The van der Waals surface area contributed by atoms with Crippen molar-refractivity contribution < 1.29 is 4.79 Å². The van der Waals surface area contributed by atoms with E-state index in [1.807, 2.05) is 13.0 Å². The smallest absolute Gasteiger partial charge is 0.181 e. The molecule has 29 heavy (non-hydrogen) atoms. The summed E-state index contributed by atoms with van der Waals surface area (Å²) < 4.78 is 0. The number of ketones is 1. The molecule has 3 saturated carbocycles. The maximum absolute atomic E-state index is 12.3. The van der Waals surface area contributed by atoms with E-state index in [1.54, 1.807) is 0 Å². The minimum Gasteiger partial charge on any atom is -0.290 e. The number of allylic oxidation sites excluding steroid dienone is 4. The van der Waals surface area contributed by atoms with Gasteiger partial charge in [-0.1, -0.05) is 65.5 Å². The molecule has 1 nitrogen and oxygen atoms in total. The Bertz CT molecular complexity index is 712. The molecule has 0 aromatic heterocycles. The molecule has 1 heteroatoms. The molecule has 4 aliphatic carbocycles. The van der Waals surface area contributed by atoms with Gasteiger partial charge >= 0.3 is 0 Å². The van der Waals surface area contributed by atoms with Crippen molar-refractivity contribution in [3.8, 4) is 0 Å². The third-order valence-electron chi connectivity index (χ3n) is 10.1. The minimum absolute atomic E-state index is 0.142. The highest BCUT2D eigenvalue weighted by Crippen LogP contribution is 2.67. The molecule has 0 bridgehead atoms. The van der Waals surface area contributed by atoms with Crippen LogP contribution in [0.25, 0.3) is 0 Å². The van der Waals surface area contributed by atoms with Gasteiger partial charge in [-0.2, -0.15) is 0 Å². The molecule has 0 unspecified atom stereocenters. The zero-order valence-electron chi connectivity index (χ0n) is 19.9. The summed E-state index contributed by atoms with van der Waals surface area (Å²) in [5.41, 5.74) is 3.12. The van der Waals surface area contributed by atoms with Crippen LogP contribution in [-0.4, -0.2) is 5.78 Å². The molecule has 4 rings (SSSR count). The van der Waals surface area contributed by atoms with Crippen molar-refractivity contribution in [2.24, 2.45) is 46.3 Å². The van der Waals surface area contributed by atoms with Gasteiger partial charge in [-0.05, 0) is 98.0 Å². The van der Waals surface area contributed by atoms with Crippen molar-refractivity contribution in [3.63, 3.8) is 0 Å². The Morgan fingerprint density at radius 2 is 1.79 bits per heavy atom. The zero-order valence-corrected chi connectivity index (χ0v) is 19.9. The lowest BCUT2D eigenvalue weighted by molar-refractivity contribution is -0.112. The third-order valence-corrected chi connectivity index (χ3v) is 10.1. The summed E-state index contributed by atoms with van der Waals surface area (Å²) in [7, 11) is 0. The Balaban J connectivity index is 1.52. The lowest BCUT2D eigenvalue weighted by atomic mass is 9.47. The van der Waals surface area contributed by atoms with Crippen LogP contribution in [0.1, 0.15) is 99.3 Å². The van der Waals surface area contributed by atoms with Crippen molar-refractivity contribution in [2.75, 3.05) is 0 Å². The molecule has 0 aromatic carbocycles. The zero-order chi connectivity index (χ0) is 21.0. The standard InChI is InChI=1S/C28H44O/c1-18(2)8-7-9-19(3)23-12-13-24-22-11-10-21-16-26(29)20(4)17-28(21,6)25(22)14-15-27(23,24)5/h16-19,22-25H,7-15H2,1-6H3/t19-,22+,23-,24+,25+,27-,28+/m1/s1. The predicted octanol–water partition coefficient (Wildman–Crippen LogP) is 7.76. The summed E-state index contributed by atoms with van der Waals surface area (Å²) >= 11 is 0. The first kappa shape index (κ1) is 21.4. The van der Waals surface area contributed by atoms with Crippen molar-refractivity contribution in [1.82, 2.24) is 0 Å². The summed E-state index contributed by atoms with van der Waals surface area (Å²) in [6.45, 7) is 14.4. The molecule has 7 atom stereocenters. The molecule has 4 aliphatic rings.